The van der Waals surface area contributed by atoms with Crippen LogP contribution >= 0.6 is 0 Å². The van der Waals surface area contributed by atoms with Gasteiger partial charge < -0.3 is 9.64 Å². The molecule has 1 unspecified atom stereocenters. The standard InChI is InChI=1S/C11H16F3NO4S/c1-2-4-15(9-3-5-20(17,18)7-9)10(16)6-19-8-11(12,13)14/h2,9H,1,3-8H2. The van der Waals surface area contributed by atoms with Crippen LogP contribution in [0.1, 0.15) is 6.42 Å². The highest BCUT2D eigenvalue weighted by Crippen LogP contribution is 2.19. The van der Waals surface area contributed by atoms with Gasteiger partial charge in [0.1, 0.15) is 13.2 Å². The van der Waals surface area contributed by atoms with Crippen molar-refractivity contribution in [2.75, 3.05) is 31.3 Å². The number of carbonyl (C=O) groups excluding carboxylic acids is 1. The molecule has 0 aliphatic carbocycles. The first-order valence-electron chi connectivity index (χ1n) is 5.90. The van der Waals surface area contributed by atoms with E-state index in [1.807, 2.05) is 0 Å². The zero-order valence-electron chi connectivity index (χ0n) is 10.7. The summed E-state index contributed by atoms with van der Waals surface area (Å²) in [7, 11) is -3.19. The first-order valence-corrected chi connectivity index (χ1v) is 7.72. The number of carbonyl (C=O) groups is 1. The van der Waals surface area contributed by atoms with Crippen LogP contribution in [0.5, 0.6) is 0 Å². The fraction of sp³-hybridized carbons (Fsp3) is 0.727. The van der Waals surface area contributed by atoms with E-state index in [4.69, 9.17) is 0 Å². The van der Waals surface area contributed by atoms with Crippen molar-refractivity contribution in [1.29, 1.82) is 0 Å². The molecule has 1 saturated heterocycles. The number of alkyl halides is 3. The van der Waals surface area contributed by atoms with Gasteiger partial charge >= 0.3 is 6.18 Å². The number of hydrogen-bond donors (Lipinski definition) is 0. The lowest BCUT2D eigenvalue weighted by atomic mass is 10.2. The van der Waals surface area contributed by atoms with E-state index >= 15 is 0 Å². The Kier molecular flexibility index (Phi) is 5.58. The quantitative estimate of drug-likeness (QED) is 0.679. The third-order valence-corrected chi connectivity index (χ3v) is 4.54. The maximum absolute atomic E-state index is 11.9. The van der Waals surface area contributed by atoms with Gasteiger partial charge in [-0.05, 0) is 6.42 Å². The van der Waals surface area contributed by atoms with Crippen LogP contribution in [0.15, 0.2) is 12.7 Å². The molecule has 1 atom stereocenters. The Morgan fingerprint density at radius 1 is 1.45 bits per heavy atom. The van der Waals surface area contributed by atoms with Crippen LogP contribution in [0.3, 0.4) is 0 Å². The maximum Gasteiger partial charge on any atom is 0.411 e. The molecule has 0 N–H and O–H groups in total. The van der Waals surface area contributed by atoms with E-state index in [-0.39, 0.29) is 24.5 Å². The molecule has 1 heterocycles. The van der Waals surface area contributed by atoms with Gasteiger partial charge in [-0.3, -0.25) is 4.79 Å². The summed E-state index contributed by atoms with van der Waals surface area (Å²) in [5, 5.41) is 0. The smallest absolute Gasteiger partial charge is 0.362 e. The Morgan fingerprint density at radius 2 is 2.10 bits per heavy atom. The van der Waals surface area contributed by atoms with Crippen molar-refractivity contribution in [3.63, 3.8) is 0 Å². The van der Waals surface area contributed by atoms with Crippen molar-refractivity contribution in [2.45, 2.75) is 18.6 Å². The van der Waals surface area contributed by atoms with Gasteiger partial charge in [0.25, 0.3) is 0 Å². The van der Waals surface area contributed by atoms with Gasteiger partial charge in [-0.25, -0.2) is 8.42 Å². The second-order valence-electron chi connectivity index (χ2n) is 4.50. The summed E-state index contributed by atoms with van der Waals surface area (Å²) in [6.45, 7) is 1.28. The zero-order chi connectivity index (χ0) is 15.4. The molecule has 1 fully saturated rings. The Hall–Kier alpha value is -1.09. The van der Waals surface area contributed by atoms with Gasteiger partial charge in [0, 0.05) is 12.6 Å². The summed E-state index contributed by atoms with van der Waals surface area (Å²) in [4.78, 5) is 13.0. The van der Waals surface area contributed by atoms with E-state index in [9.17, 15) is 26.4 Å². The second kappa shape index (κ2) is 6.57. The van der Waals surface area contributed by atoms with E-state index in [1.165, 1.54) is 11.0 Å². The number of ether oxygens (including phenoxy) is 1. The van der Waals surface area contributed by atoms with Crippen molar-refractivity contribution in [3.8, 4) is 0 Å². The molecular weight excluding hydrogens is 299 g/mol. The molecule has 0 radical (unpaired) electrons. The summed E-state index contributed by atoms with van der Waals surface area (Å²) in [5.41, 5.74) is 0. The second-order valence-corrected chi connectivity index (χ2v) is 6.73. The number of hydrogen-bond acceptors (Lipinski definition) is 4. The number of nitrogens with zero attached hydrogens (tertiary/aromatic N) is 1. The average Bonchev–Trinajstić information content (AvgIpc) is 2.64. The summed E-state index contributed by atoms with van der Waals surface area (Å²) < 4.78 is 62.8. The van der Waals surface area contributed by atoms with E-state index in [0.717, 1.165) is 0 Å². The minimum absolute atomic E-state index is 0.0258. The summed E-state index contributed by atoms with van der Waals surface area (Å²) >= 11 is 0. The normalized spacial score (nSPS) is 21.6. The molecule has 0 bridgehead atoms. The molecule has 0 aromatic rings. The predicted octanol–water partition coefficient (Wildman–Crippen LogP) is 0.767. The lowest BCUT2D eigenvalue weighted by molar-refractivity contribution is -0.178. The maximum atomic E-state index is 11.9. The Balaban J connectivity index is 2.57. The first kappa shape index (κ1) is 17.0. The number of halogens is 3. The van der Waals surface area contributed by atoms with Crippen molar-refractivity contribution < 1.29 is 31.1 Å². The lowest BCUT2D eigenvalue weighted by Crippen LogP contribution is -2.43. The summed E-state index contributed by atoms with van der Waals surface area (Å²) in [6.07, 6.45) is -2.83. The van der Waals surface area contributed by atoms with E-state index in [0.29, 0.717) is 0 Å². The van der Waals surface area contributed by atoms with Crippen LogP contribution in [0, 0.1) is 0 Å². The van der Waals surface area contributed by atoms with Gasteiger partial charge in [0.15, 0.2) is 9.84 Å². The van der Waals surface area contributed by atoms with Crippen LogP contribution in [0.2, 0.25) is 0 Å². The van der Waals surface area contributed by atoms with Crippen molar-refractivity contribution in [2.24, 2.45) is 0 Å². The molecule has 9 heteroatoms. The Morgan fingerprint density at radius 3 is 2.55 bits per heavy atom. The number of amides is 1. The Labute approximate surface area is 115 Å². The van der Waals surface area contributed by atoms with Gasteiger partial charge in [0.05, 0.1) is 11.5 Å². The van der Waals surface area contributed by atoms with Gasteiger partial charge in [0.2, 0.25) is 5.91 Å². The SMILES string of the molecule is C=CCN(C(=O)COCC(F)(F)F)C1CCS(=O)(=O)C1. The third kappa shape index (κ3) is 5.49. The molecule has 5 nitrogen and oxygen atoms in total. The fourth-order valence-corrected chi connectivity index (χ4v) is 3.68. The van der Waals surface area contributed by atoms with Crippen LogP contribution < -0.4 is 0 Å². The molecule has 1 rings (SSSR count). The van der Waals surface area contributed by atoms with Crippen LogP contribution in [-0.4, -0.2) is 62.7 Å². The molecule has 1 amide bonds. The highest BCUT2D eigenvalue weighted by Gasteiger charge is 2.34. The van der Waals surface area contributed by atoms with Crippen LogP contribution in [0.25, 0.3) is 0 Å². The molecule has 0 saturated carbocycles. The first-order chi connectivity index (χ1) is 9.14. The summed E-state index contributed by atoms with van der Waals surface area (Å²) in [6, 6.07) is -0.528. The van der Waals surface area contributed by atoms with Crippen LogP contribution in [-0.2, 0) is 19.4 Å². The molecule has 20 heavy (non-hydrogen) atoms. The molecule has 1 aliphatic heterocycles. The lowest BCUT2D eigenvalue weighted by Gasteiger charge is -2.27. The summed E-state index contributed by atoms with van der Waals surface area (Å²) in [5.74, 6) is -0.871. The minimum atomic E-state index is -4.50. The number of sulfone groups is 1. The fourth-order valence-electron chi connectivity index (χ4n) is 1.95. The van der Waals surface area contributed by atoms with Gasteiger partial charge in [-0.15, -0.1) is 6.58 Å². The third-order valence-electron chi connectivity index (χ3n) is 2.79. The van der Waals surface area contributed by atoms with E-state index < -0.39 is 41.2 Å². The van der Waals surface area contributed by atoms with E-state index in [2.05, 4.69) is 11.3 Å². The topological polar surface area (TPSA) is 63.7 Å². The van der Waals surface area contributed by atoms with Crippen molar-refractivity contribution in [1.82, 2.24) is 4.90 Å². The van der Waals surface area contributed by atoms with Crippen molar-refractivity contribution in [3.05, 3.63) is 12.7 Å². The van der Waals surface area contributed by atoms with Crippen molar-refractivity contribution >= 4 is 15.7 Å². The molecular formula is C11H16F3NO4S. The monoisotopic (exact) mass is 315 g/mol. The Bertz CT molecular complexity index is 461. The molecule has 0 spiro atoms. The number of rotatable bonds is 6. The molecule has 0 aromatic carbocycles. The zero-order valence-corrected chi connectivity index (χ0v) is 11.5. The van der Waals surface area contributed by atoms with Gasteiger partial charge in [-0.2, -0.15) is 13.2 Å². The predicted molar refractivity (Wildman–Crippen MR) is 65.8 cm³/mol. The highest BCUT2D eigenvalue weighted by atomic mass is 32.2. The average molecular weight is 315 g/mol. The molecule has 0 aromatic heterocycles. The van der Waals surface area contributed by atoms with Gasteiger partial charge in [-0.1, -0.05) is 6.08 Å². The molecule has 116 valence electrons. The van der Waals surface area contributed by atoms with E-state index in [1.54, 1.807) is 0 Å². The minimum Gasteiger partial charge on any atom is -0.362 e. The highest BCUT2D eigenvalue weighted by molar-refractivity contribution is 7.91. The van der Waals surface area contributed by atoms with Crippen LogP contribution in [0.4, 0.5) is 13.2 Å². The molecule has 1 aliphatic rings. The largest absolute Gasteiger partial charge is 0.411 e.